The largest absolute Gasteiger partial charge is 0.481 e. The molecule has 0 bridgehead atoms. The summed E-state index contributed by atoms with van der Waals surface area (Å²) in [5.41, 5.74) is 4.39. The average molecular weight is 484 g/mol. The Morgan fingerprint density at radius 2 is 1.66 bits per heavy atom. The first-order chi connectivity index (χ1) is 16.7. The number of benzene rings is 2. The van der Waals surface area contributed by atoms with Crippen molar-refractivity contribution < 1.29 is 33.0 Å². The number of halogens is 2. The van der Waals surface area contributed by atoms with E-state index in [1.807, 2.05) is 48.5 Å². The van der Waals surface area contributed by atoms with E-state index in [-0.39, 0.29) is 24.9 Å². The van der Waals surface area contributed by atoms with Crippen LogP contribution in [0.3, 0.4) is 0 Å². The third-order valence-corrected chi connectivity index (χ3v) is 7.20. The van der Waals surface area contributed by atoms with Crippen molar-refractivity contribution in [2.75, 3.05) is 19.7 Å². The molecule has 2 aliphatic carbocycles. The van der Waals surface area contributed by atoms with Gasteiger partial charge >= 0.3 is 12.1 Å². The highest BCUT2D eigenvalue weighted by Gasteiger charge is 2.53. The lowest BCUT2D eigenvalue weighted by atomic mass is 9.98. The van der Waals surface area contributed by atoms with Crippen molar-refractivity contribution in [3.8, 4) is 11.1 Å². The van der Waals surface area contributed by atoms with Crippen molar-refractivity contribution in [2.24, 2.45) is 11.8 Å². The van der Waals surface area contributed by atoms with Crippen molar-refractivity contribution in [1.82, 2.24) is 10.2 Å². The molecule has 2 amide bonds. The average Bonchev–Trinajstić information content (AvgIpc) is 3.55. The molecule has 7 nitrogen and oxygen atoms in total. The Kier molecular flexibility index (Phi) is 5.94. The third-order valence-electron chi connectivity index (χ3n) is 7.20. The van der Waals surface area contributed by atoms with Crippen LogP contribution in [0.4, 0.5) is 13.6 Å². The Bertz CT molecular complexity index is 1120. The van der Waals surface area contributed by atoms with Gasteiger partial charge in [0.2, 0.25) is 5.91 Å². The molecule has 0 radical (unpaired) electrons. The topological polar surface area (TPSA) is 95.9 Å². The quantitative estimate of drug-likeness (QED) is 0.622. The predicted octanol–water partition coefficient (Wildman–Crippen LogP) is 3.87. The van der Waals surface area contributed by atoms with Gasteiger partial charge in [0.25, 0.3) is 5.92 Å². The van der Waals surface area contributed by atoms with Crippen molar-refractivity contribution in [2.45, 2.75) is 37.1 Å². The van der Waals surface area contributed by atoms with E-state index >= 15 is 0 Å². The monoisotopic (exact) mass is 484 g/mol. The molecule has 2 fully saturated rings. The Hall–Kier alpha value is -3.49. The SMILES string of the molecule is O=C(NC(CC(=O)N1CC(C(=O)O)C(F)(F)C1)C1CC1)OCC1c2ccccc2-c2ccccc21. The summed E-state index contributed by atoms with van der Waals surface area (Å²) in [6, 6.07) is 15.4. The number of nitrogens with zero attached hydrogens (tertiary/aromatic N) is 1. The first-order valence-electron chi connectivity index (χ1n) is 11.7. The molecule has 35 heavy (non-hydrogen) atoms. The Balaban J connectivity index is 1.20. The molecule has 9 heteroatoms. The first kappa shape index (κ1) is 23.3. The van der Waals surface area contributed by atoms with Crippen LogP contribution >= 0.6 is 0 Å². The fraction of sp³-hybridized carbons (Fsp3) is 0.423. The highest BCUT2D eigenvalue weighted by atomic mass is 19.3. The molecule has 184 valence electrons. The van der Waals surface area contributed by atoms with E-state index < -0.39 is 48.9 Å². The molecular formula is C26H26F2N2O5. The molecule has 2 aromatic carbocycles. The Morgan fingerprint density at radius 3 is 2.20 bits per heavy atom. The van der Waals surface area contributed by atoms with Gasteiger partial charge in [0.05, 0.1) is 6.54 Å². The summed E-state index contributed by atoms with van der Waals surface area (Å²) < 4.78 is 33.5. The number of nitrogens with one attached hydrogen (secondary N) is 1. The number of aliphatic carboxylic acids is 1. The zero-order valence-corrected chi connectivity index (χ0v) is 19.0. The Morgan fingerprint density at radius 1 is 1.06 bits per heavy atom. The molecule has 0 aromatic heterocycles. The minimum atomic E-state index is -3.48. The number of carbonyl (C=O) groups excluding carboxylic acids is 2. The molecule has 1 heterocycles. The van der Waals surface area contributed by atoms with Gasteiger partial charge in [-0.3, -0.25) is 9.59 Å². The minimum Gasteiger partial charge on any atom is -0.481 e. The molecule has 5 rings (SSSR count). The predicted molar refractivity (Wildman–Crippen MR) is 122 cm³/mol. The van der Waals surface area contributed by atoms with Gasteiger partial charge < -0.3 is 20.1 Å². The number of alkyl carbamates (subject to hydrolysis) is 1. The van der Waals surface area contributed by atoms with E-state index in [0.29, 0.717) is 0 Å². The van der Waals surface area contributed by atoms with Gasteiger partial charge in [0, 0.05) is 24.9 Å². The van der Waals surface area contributed by atoms with E-state index in [2.05, 4.69) is 5.32 Å². The maximum Gasteiger partial charge on any atom is 0.407 e. The molecule has 2 unspecified atom stereocenters. The number of fused-ring (bicyclic) bond motifs is 3. The number of hydrogen-bond acceptors (Lipinski definition) is 4. The molecule has 2 atom stereocenters. The highest BCUT2D eigenvalue weighted by Crippen LogP contribution is 2.44. The van der Waals surface area contributed by atoms with Crippen LogP contribution in [-0.2, 0) is 14.3 Å². The first-order valence-corrected chi connectivity index (χ1v) is 11.7. The van der Waals surface area contributed by atoms with Crippen LogP contribution in [-0.4, -0.2) is 59.6 Å². The molecule has 3 aliphatic rings. The third kappa shape index (κ3) is 4.59. The van der Waals surface area contributed by atoms with Crippen molar-refractivity contribution in [3.05, 3.63) is 59.7 Å². The summed E-state index contributed by atoms with van der Waals surface area (Å²) in [6.07, 6.45) is 0.800. The second kappa shape index (κ2) is 8.94. The maximum absolute atomic E-state index is 14.0. The lowest BCUT2D eigenvalue weighted by Gasteiger charge is -2.22. The van der Waals surface area contributed by atoms with Gasteiger partial charge in [-0.15, -0.1) is 0 Å². The molecule has 1 aliphatic heterocycles. The highest BCUT2D eigenvalue weighted by molar-refractivity contribution is 5.81. The molecule has 1 saturated carbocycles. The zero-order valence-electron chi connectivity index (χ0n) is 19.0. The second-order valence-electron chi connectivity index (χ2n) is 9.54. The van der Waals surface area contributed by atoms with E-state index in [1.54, 1.807) is 0 Å². The summed E-state index contributed by atoms with van der Waals surface area (Å²) in [5, 5.41) is 11.8. The minimum absolute atomic E-state index is 0.0674. The summed E-state index contributed by atoms with van der Waals surface area (Å²) in [5.74, 6) is -7.64. The Labute approximate surface area is 201 Å². The van der Waals surface area contributed by atoms with Crippen LogP contribution in [0.2, 0.25) is 0 Å². The molecule has 2 N–H and O–H groups in total. The van der Waals surface area contributed by atoms with Gasteiger partial charge in [-0.2, -0.15) is 0 Å². The van der Waals surface area contributed by atoms with Crippen molar-refractivity contribution in [1.29, 1.82) is 0 Å². The lowest BCUT2D eigenvalue weighted by molar-refractivity contribution is -0.151. The van der Waals surface area contributed by atoms with Gasteiger partial charge in [-0.1, -0.05) is 48.5 Å². The lowest BCUT2D eigenvalue weighted by Crippen LogP contribution is -2.42. The number of carboxylic acid groups (broad SMARTS) is 1. The number of carboxylic acids is 1. The molecule has 0 spiro atoms. The smallest absolute Gasteiger partial charge is 0.407 e. The maximum atomic E-state index is 14.0. The molecular weight excluding hydrogens is 458 g/mol. The van der Waals surface area contributed by atoms with Gasteiger partial charge in [-0.25, -0.2) is 13.6 Å². The normalized spacial score (nSPS) is 21.2. The molecule has 2 aromatic rings. The standard InChI is InChI=1S/C26H26F2N2O5/c27-26(28)14-30(12-21(26)24(32)33)23(31)11-22(15-9-10-15)29-25(34)35-13-20-18-7-3-1-5-16(18)17-6-2-4-8-19(17)20/h1-8,15,20-22H,9-14H2,(H,29,34)(H,32,33). The summed E-state index contributed by atoms with van der Waals surface area (Å²) in [7, 11) is 0. The second-order valence-corrected chi connectivity index (χ2v) is 9.54. The van der Waals surface area contributed by atoms with Crippen molar-refractivity contribution in [3.63, 3.8) is 0 Å². The van der Waals surface area contributed by atoms with E-state index in [9.17, 15) is 23.2 Å². The number of ether oxygens (including phenoxy) is 1. The van der Waals surface area contributed by atoms with E-state index in [4.69, 9.17) is 9.84 Å². The molecule has 1 saturated heterocycles. The van der Waals surface area contributed by atoms with Gasteiger partial charge in [0.1, 0.15) is 12.5 Å². The van der Waals surface area contributed by atoms with Crippen LogP contribution in [0.1, 0.15) is 36.3 Å². The number of hydrogen-bond donors (Lipinski definition) is 2. The van der Waals surface area contributed by atoms with Crippen LogP contribution in [0.5, 0.6) is 0 Å². The van der Waals surface area contributed by atoms with E-state index in [1.165, 1.54) is 0 Å². The van der Waals surface area contributed by atoms with E-state index in [0.717, 1.165) is 40.0 Å². The van der Waals surface area contributed by atoms with Crippen LogP contribution in [0, 0.1) is 11.8 Å². The number of amides is 2. The number of carbonyl (C=O) groups is 3. The summed E-state index contributed by atoms with van der Waals surface area (Å²) in [4.78, 5) is 37.3. The number of rotatable bonds is 7. The summed E-state index contributed by atoms with van der Waals surface area (Å²) in [6.45, 7) is -1.33. The fourth-order valence-corrected chi connectivity index (χ4v) is 5.17. The zero-order chi connectivity index (χ0) is 24.7. The number of alkyl halides is 2. The number of likely N-dealkylation sites (tertiary alicyclic amines) is 1. The van der Waals surface area contributed by atoms with Gasteiger partial charge in [-0.05, 0) is 41.0 Å². The van der Waals surface area contributed by atoms with Gasteiger partial charge in [0.15, 0.2) is 0 Å². The van der Waals surface area contributed by atoms with Crippen LogP contribution in [0.25, 0.3) is 11.1 Å². The van der Waals surface area contributed by atoms with Crippen molar-refractivity contribution >= 4 is 18.0 Å². The van der Waals surface area contributed by atoms with Crippen LogP contribution in [0.15, 0.2) is 48.5 Å². The fourth-order valence-electron chi connectivity index (χ4n) is 5.17. The summed E-state index contributed by atoms with van der Waals surface area (Å²) >= 11 is 0. The van der Waals surface area contributed by atoms with Crippen LogP contribution < -0.4 is 5.32 Å².